The van der Waals surface area contributed by atoms with Crippen LogP contribution in [0.5, 0.6) is 0 Å². The molecule has 0 aliphatic heterocycles. The molecule has 1 amide bonds. The van der Waals surface area contributed by atoms with Gasteiger partial charge in [0.25, 0.3) is 5.91 Å². The molecule has 0 aliphatic rings. The Morgan fingerprint density at radius 2 is 2.16 bits per heavy atom. The van der Waals surface area contributed by atoms with Crippen LogP contribution in [0.1, 0.15) is 10.4 Å². The van der Waals surface area contributed by atoms with E-state index in [0.717, 1.165) is 16.8 Å². The summed E-state index contributed by atoms with van der Waals surface area (Å²) in [5.74, 6) is 0.414. The van der Waals surface area contributed by atoms with Gasteiger partial charge < -0.3 is 10.2 Å². The SMILES string of the molecule is C=C/C=C(\C=C)CN(C)C(=O)c1cccc(Nc2ncc(-c3cn[nH]c3)n3ncnc23)c1. The third-order valence-corrected chi connectivity index (χ3v) is 4.83. The highest BCUT2D eigenvalue weighted by Crippen LogP contribution is 2.24. The first-order valence-corrected chi connectivity index (χ1v) is 9.85. The van der Waals surface area contributed by atoms with Crippen molar-refractivity contribution in [2.75, 3.05) is 18.9 Å². The number of carbonyl (C=O) groups excluding carboxylic acids is 1. The number of hydrogen-bond acceptors (Lipinski definition) is 6. The molecule has 0 radical (unpaired) electrons. The Bertz CT molecular complexity index is 1300. The number of nitrogens with one attached hydrogen (secondary N) is 2. The molecule has 0 atom stereocenters. The van der Waals surface area contributed by atoms with Crippen LogP contribution in [-0.2, 0) is 0 Å². The van der Waals surface area contributed by atoms with Crippen molar-refractivity contribution in [3.8, 4) is 11.3 Å². The van der Waals surface area contributed by atoms with Gasteiger partial charge in [0.2, 0.25) is 0 Å². The normalized spacial score (nSPS) is 11.3. The Morgan fingerprint density at radius 3 is 2.91 bits per heavy atom. The molecule has 9 heteroatoms. The van der Waals surface area contributed by atoms with Gasteiger partial charge in [0.15, 0.2) is 11.5 Å². The number of nitrogens with zero attached hydrogens (tertiary/aromatic N) is 6. The molecule has 1 aromatic carbocycles. The number of carbonyl (C=O) groups is 1. The quantitative estimate of drug-likeness (QED) is 0.417. The van der Waals surface area contributed by atoms with E-state index < -0.39 is 0 Å². The van der Waals surface area contributed by atoms with Crippen molar-refractivity contribution in [1.29, 1.82) is 0 Å². The highest BCUT2D eigenvalue weighted by molar-refractivity contribution is 5.95. The predicted molar refractivity (Wildman–Crippen MR) is 124 cm³/mol. The fraction of sp³-hybridized carbons (Fsp3) is 0.0870. The first-order valence-electron chi connectivity index (χ1n) is 9.85. The summed E-state index contributed by atoms with van der Waals surface area (Å²) >= 11 is 0. The molecule has 32 heavy (non-hydrogen) atoms. The van der Waals surface area contributed by atoms with E-state index in [-0.39, 0.29) is 5.91 Å². The lowest BCUT2D eigenvalue weighted by Crippen LogP contribution is -2.28. The molecule has 3 heterocycles. The molecule has 2 N–H and O–H groups in total. The molecule has 0 bridgehead atoms. The molecule has 4 aromatic rings. The number of aromatic amines is 1. The van der Waals surface area contributed by atoms with E-state index in [0.29, 0.717) is 29.3 Å². The summed E-state index contributed by atoms with van der Waals surface area (Å²) in [6.45, 7) is 7.90. The van der Waals surface area contributed by atoms with Gasteiger partial charge in [-0.2, -0.15) is 10.2 Å². The topological polar surface area (TPSA) is 104 Å². The Hall–Kier alpha value is -4.53. The van der Waals surface area contributed by atoms with Gasteiger partial charge in [-0.25, -0.2) is 14.5 Å². The summed E-state index contributed by atoms with van der Waals surface area (Å²) < 4.78 is 1.69. The number of rotatable bonds is 8. The molecule has 0 unspecified atom stereocenters. The molecule has 4 rings (SSSR count). The van der Waals surface area contributed by atoms with Crippen molar-refractivity contribution >= 4 is 23.1 Å². The number of H-pyrrole nitrogens is 1. The van der Waals surface area contributed by atoms with Gasteiger partial charge in [-0.05, 0) is 23.8 Å². The van der Waals surface area contributed by atoms with Gasteiger partial charge in [0, 0.05) is 36.6 Å². The lowest BCUT2D eigenvalue weighted by Gasteiger charge is -2.18. The van der Waals surface area contributed by atoms with E-state index >= 15 is 0 Å². The predicted octanol–water partition coefficient (Wildman–Crippen LogP) is 3.63. The van der Waals surface area contributed by atoms with Crippen molar-refractivity contribution in [1.82, 2.24) is 34.7 Å². The Kier molecular flexibility index (Phi) is 5.89. The van der Waals surface area contributed by atoms with Crippen LogP contribution >= 0.6 is 0 Å². The first-order chi connectivity index (χ1) is 15.6. The van der Waals surface area contributed by atoms with Crippen LogP contribution < -0.4 is 5.32 Å². The molecular weight excluding hydrogens is 404 g/mol. The van der Waals surface area contributed by atoms with Crippen molar-refractivity contribution in [2.24, 2.45) is 0 Å². The van der Waals surface area contributed by atoms with Crippen LogP contribution in [0.2, 0.25) is 0 Å². The molecule has 9 nitrogen and oxygen atoms in total. The molecule has 160 valence electrons. The van der Waals surface area contributed by atoms with E-state index in [2.05, 4.69) is 43.7 Å². The maximum absolute atomic E-state index is 12.9. The van der Waals surface area contributed by atoms with Gasteiger partial charge in [0.1, 0.15) is 6.33 Å². The maximum Gasteiger partial charge on any atom is 0.253 e. The third kappa shape index (κ3) is 4.17. The highest BCUT2D eigenvalue weighted by atomic mass is 16.2. The molecule has 0 saturated carbocycles. The first kappa shape index (κ1) is 20.7. The van der Waals surface area contributed by atoms with Gasteiger partial charge in [0.05, 0.1) is 18.1 Å². The molecule has 0 fully saturated rings. The largest absolute Gasteiger partial charge is 0.337 e. The number of fused-ring (bicyclic) bond motifs is 1. The summed E-state index contributed by atoms with van der Waals surface area (Å²) in [6.07, 6.45) is 11.8. The lowest BCUT2D eigenvalue weighted by atomic mass is 10.1. The number of hydrogen-bond donors (Lipinski definition) is 2. The standard InChI is InChI=1S/C23H22N8O/c1-4-7-16(5-2)14-30(3)23(32)17-8-6-9-19(10-17)29-21-22-25-15-28-31(22)20(13-24-21)18-11-26-27-12-18/h4-13,15H,1-2,14H2,3H3,(H,24,29)(H,26,27)/b16-7+. The van der Waals surface area contributed by atoms with Crippen LogP contribution in [0.25, 0.3) is 16.9 Å². The second-order valence-corrected chi connectivity index (χ2v) is 7.02. The summed E-state index contributed by atoms with van der Waals surface area (Å²) in [5, 5.41) is 14.3. The Balaban J connectivity index is 1.58. The van der Waals surface area contributed by atoms with Gasteiger partial charge in [-0.1, -0.05) is 37.5 Å². The van der Waals surface area contributed by atoms with E-state index in [1.807, 2.05) is 18.2 Å². The summed E-state index contributed by atoms with van der Waals surface area (Å²) in [7, 11) is 1.75. The van der Waals surface area contributed by atoms with Crippen molar-refractivity contribution in [3.63, 3.8) is 0 Å². The Morgan fingerprint density at radius 1 is 1.28 bits per heavy atom. The molecule has 0 aliphatic carbocycles. The van der Waals surface area contributed by atoms with Crippen molar-refractivity contribution < 1.29 is 4.79 Å². The average molecular weight is 426 g/mol. The van der Waals surface area contributed by atoms with Crippen LogP contribution in [0.3, 0.4) is 0 Å². The fourth-order valence-electron chi connectivity index (χ4n) is 3.26. The second kappa shape index (κ2) is 9.09. The van der Waals surface area contributed by atoms with Gasteiger partial charge >= 0.3 is 0 Å². The minimum atomic E-state index is -0.110. The molecule has 3 aromatic heterocycles. The van der Waals surface area contributed by atoms with Crippen LogP contribution in [-0.4, -0.2) is 54.2 Å². The average Bonchev–Trinajstić information content (AvgIpc) is 3.51. The lowest BCUT2D eigenvalue weighted by molar-refractivity contribution is 0.0808. The Labute approximate surface area is 184 Å². The summed E-state index contributed by atoms with van der Waals surface area (Å²) in [5.41, 5.74) is 4.33. The second-order valence-electron chi connectivity index (χ2n) is 7.02. The number of aromatic nitrogens is 6. The third-order valence-electron chi connectivity index (χ3n) is 4.83. The van der Waals surface area contributed by atoms with Gasteiger partial charge in [-0.15, -0.1) is 0 Å². The van der Waals surface area contributed by atoms with Crippen LogP contribution in [0, 0.1) is 0 Å². The number of benzene rings is 1. The number of allylic oxidation sites excluding steroid dienone is 2. The van der Waals surface area contributed by atoms with Crippen molar-refractivity contribution in [3.05, 3.63) is 91.7 Å². The number of amides is 1. The zero-order valence-corrected chi connectivity index (χ0v) is 17.6. The van der Waals surface area contributed by atoms with Crippen LogP contribution in [0.15, 0.2) is 86.1 Å². The smallest absolute Gasteiger partial charge is 0.253 e. The monoisotopic (exact) mass is 426 g/mol. The molecular formula is C23H22N8O. The molecule has 0 saturated heterocycles. The van der Waals surface area contributed by atoms with E-state index in [4.69, 9.17) is 0 Å². The van der Waals surface area contributed by atoms with Crippen LogP contribution in [0.4, 0.5) is 11.5 Å². The summed E-state index contributed by atoms with van der Waals surface area (Å²) in [4.78, 5) is 23.4. The minimum Gasteiger partial charge on any atom is -0.337 e. The molecule has 0 spiro atoms. The van der Waals surface area contributed by atoms with E-state index in [1.165, 1.54) is 6.33 Å². The zero-order chi connectivity index (χ0) is 22.5. The summed E-state index contributed by atoms with van der Waals surface area (Å²) in [6, 6.07) is 7.24. The van der Waals surface area contributed by atoms with Crippen molar-refractivity contribution in [2.45, 2.75) is 0 Å². The fourth-order valence-corrected chi connectivity index (χ4v) is 3.26. The highest BCUT2D eigenvalue weighted by Gasteiger charge is 2.15. The zero-order valence-electron chi connectivity index (χ0n) is 17.6. The van der Waals surface area contributed by atoms with Gasteiger partial charge in [-0.3, -0.25) is 9.89 Å². The number of anilines is 2. The number of likely N-dealkylation sites (N-methyl/N-ethyl adjacent to an activating group) is 1. The van der Waals surface area contributed by atoms with E-state index in [9.17, 15) is 4.79 Å². The maximum atomic E-state index is 12.9. The van der Waals surface area contributed by atoms with E-state index in [1.54, 1.807) is 59.3 Å². The minimum absolute atomic E-state index is 0.110.